The number of hydrogen-bond acceptors (Lipinski definition) is 26. The number of likely N-dealkylation sites (N-methyl/N-ethyl adjacent to an activating group) is 1. The van der Waals surface area contributed by atoms with Crippen molar-refractivity contribution in [3.05, 3.63) is 80.9 Å². The number of imide groups is 2. The van der Waals surface area contributed by atoms with Crippen LogP contribution in [0.15, 0.2) is 70.5 Å². The number of rotatable bonds is 6. The minimum absolute atomic E-state index is 0.0674. The molecule has 2 aromatic rings. The highest BCUT2D eigenvalue weighted by atomic mass is 33.1. The Kier molecular flexibility index (Phi) is 80.2. The lowest BCUT2D eigenvalue weighted by Crippen LogP contribution is -2.32. The zero-order chi connectivity index (χ0) is 65.6. The topological polar surface area (TPSA) is 463 Å². The summed E-state index contributed by atoms with van der Waals surface area (Å²) in [6, 6.07) is 11.0. The van der Waals surface area contributed by atoms with E-state index in [-0.39, 0.29) is 47.3 Å². The van der Waals surface area contributed by atoms with Gasteiger partial charge < -0.3 is 39.6 Å². The molecule has 34 heteroatoms. The first kappa shape index (κ1) is 94.9. The molecule has 30 nitrogen and oxygen atoms in total. The first-order valence-corrected chi connectivity index (χ1v) is 27.3. The summed E-state index contributed by atoms with van der Waals surface area (Å²) in [5.74, 6) is 8.21. The number of aldehydes is 1. The molecule has 1 aromatic heterocycles. The van der Waals surface area contributed by atoms with Crippen LogP contribution in [-0.4, -0.2) is 153 Å². The van der Waals surface area contributed by atoms with E-state index in [2.05, 4.69) is 76.6 Å². The molecular weight excluding hydrogens is 1140 g/mol. The number of hydrogen-bond donors (Lipinski definition) is 6. The number of sulfone groups is 1. The maximum atomic E-state index is 11.1. The maximum absolute atomic E-state index is 11.1. The van der Waals surface area contributed by atoms with Gasteiger partial charge in [-0.15, -0.1) is 17.4 Å². The second-order valence-corrected chi connectivity index (χ2v) is 17.6. The predicted octanol–water partition coefficient (Wildman–Crippen LogP) is 5.11. The number of azide groups is 1. The van der Waals surface area contributed by atoms with Crippen molar-refractivity contribution in [2.45, 2.75) is 80.2 Å². The number of carbonyl (C=O) groups excluding carboxylic acids is 9. The standard InChI is InChI=1S/C8H7NO5.C7H9NO4.C6H7NO2.C6H7NS2.C4H8O.C3H4.C2H6N2O.C2H6O2S.C2H4O2.C2H4O.CH3N3.CH5NO.CH5N.CH4S/c1-13-8(10)14-7-4-2-6(3-5-7)9(11)12;1-4-3-6(10)8(7(4)11)12-5(2)9;1-4-3-5(8)7(2)6(4)9;1-8-9-6-4-2-3-5-7-6;1-3-4(2)5;1-3-2;1-2(5)4-3;1-5(2,3)4;1-2(3)4;1-2-3;1-3-4-2;1-3-2;2*1-2/h2-5H,1H3;4H,3H2,1-2H3;3H,1-2H3;2-5H,1H3;3H2,1-2H3;1H,2H3;3H2,1H3,(H,4,5);1-2H3;1H3,(H,3,4);2H,1H3;1H3;2H2,1H3;2H2,1H3;2H,1H3. The van der Waals surface area contributed by atoms with Gasteiger partial charge in [-0.1, -0.05) is 35.8 Å². The quantitative estimate of drug-likeness (QED) is 0.0173. The number of hydrazine groups is 1. The summed E-state index contributed by atoms with van der Waals surface area (Å²) in [4.78, 5) is 127. The van der Waals surface area contributed by atoms with Gasteiger partial charge in [0.05, 0.1) is 19.1 Å². The summed E-state index contributed by atoms with van der Waals surface area (Å²) in [6.45, 7) is 13.3. The summed E-state index contributed by atoms with van der Waals surface area (Å²) in [5, 5.41) is 22.2. The lowest BCUT2D eigenvalue weighted by Gasteiger charge is -2.10. The van der Waals surface area contributed by atoms with Crippen LogP contribution in [0.1, 0.15) is 75.2 Å². The molecule has 0 bridgehead atoms. The van der Waals surface area contributed by atoms with Crippen molar-refractivity contribution in [3.63, 3.8) is 0 Å². The van der Waals surface area contributed by atoms with Crippen molar-refractivity contribution in [2.24, 2.45) is 28.5 Å². The van der Waals surface area contributed by atoms with Gasteiger partial charge in [0.2, 0.25) is 5.91 Å². The molecule has 1 aromatic carbocycles. The number of hydroxylamine groups is 2. The number of non-ortho nitro benzene ring substituents is 1. The van der Waals surface area contributed by atoms with Crippen LogP contribution in [0.5, 0.6) is 5.75 Å². The highest BCUT2D eigenvalue weighted by molar-refractivity contribution is 8.76. The minimum Gasteiger partial charge on any atom is -0.481 e. The van der Waals surface area contributed by atoms with E-state index in [4.69, 9.17) is 20.2 Å². The van der Waals surface area contributed by atoms with Crippen LogP contribution in [0.2, 0.25) is 0 Å². The van der Waals surface area contributed by atoms with Gasteiger partial charge in [-0.25, -0.2) is 34.7 Å². The van der Waals surface area contributed by atoms with Gasteiger partial charge in [0, 0.05) is 101 Å². The Morgan fingerprint density at radius 2 is 1.45 bits per heavy atom. The van der Waals surface area contributed by atoms with E-state index in [0.29, 0.717) is 17.1 Å². The van der Waals surface area contributed by atoms with E-state index in [1.807, 2.05) is 36.8 Å². The highest BCUT2D eigenvalue weighted by Gasteiger charge is 2.38. The molecule has 3 heterocycles. The van der Waals surface area contributed by atoms with Crippen LogP contribution in [0.25, 0.3) is 10.4 Å². The van der Waals surface area contributed by atoms with Gasteiger partial charge >= 0.3 is 12.1 Å². The van der Waals surface area contributed by atoms with Crippen LogP contribution in [0.3, 0.4) is 0 Å². The number of carboxylic acid groups (broad SMARTS) is 1. The number of aliphatic carboxylic acids is 1. The molecule has 4 rings (SSSR count). The molecule has 2 aliphatic heterocycles. The third-order valence-electron chi connectivity index (χ3n) is 5.87. The van der Waals surface area contributed by atoms with Crippen LogP contribution < -0.4 is 27.6 Å². The van der Waals surface area contributed by atoms with Crippen molar-refractivity contribution in [2.75, 3.05) is 60.4 Å². The number of nitro groups is 1. The van der Waals surface area contributed by atoms with E-state index in [1.54, 1.807) is 61.7 Å². The van der Waals surface area contributed by atoms with Crippen molar-refractivity contribution in [1.29, 1.82) is 0 Å². The Morgan fingerprint density at radius 1 is 1.06 bits per heavy atom. The molecular formula is C46H79N11O19S4. The van der Waals surface area contributed by atoms with Crippen molar-refractivity contribution in [1.82, 2.24) is 20.4 Å². The zero-order valence-corrected chi connectivity index (χ0v) is 51.5. The SMILES string of the molecule is C#CC.CC(=O)NN.CC(=O)O.CC(=O)ON1C(=O)CC(C)C1=O.CC1=CC(=O)N(C)C1=O.CC=O.CCC(C)=O.CN.CN=[N+]=[N-].COC(=O)Oc1ccc([N+](=O)[O-])cc1.CON.CS.CS(C)(=O)=O.CSSc1ccccn1. The second kappa shape index (κ2) is 67.6. The fraction of sp³-hybridized carbons (Fsp3) is 0.457. The van der Waals surface area contributed by atoms with Crippen LogP contribution >= 0.6 is 34.2 Å². The number of aromatic nitrogens is 1. The molecule has 1 atom stereocenters. The van der Waals surface area contributed by atoms with Gasteiger partial charge in [0.1, 0.15) is 32.7 Å². The first-order chi connectivity index (χ1) is 37.1. The maximum Gasteiger partial charge on any atom is 0.513 e. The third-order valence-corrected chi connectivity index (χ3v) is 7.47. The summed E-state index contributed by atoms with van der Waals surface area (Å²) < 4.78 is 28.1. The second-order valence-electron chi connectivity index (χ2n) is 12.9. The number of ketones is 1. The van der Waals surface area contributed by atoms with E-state index < -0.39 is 44.7 Å². The molecule has 0 spiro atoms. The predicted molar refractivity (Wildman–Crippen MR) is 309 cm³/mol. The first-order valence-electron chi connectivity index (χ1n) is 21.6. The number of carbonyl (C=O) groups is 10. The number of terminal acetylenes is 1. The highest BCUT2D eigenvalue weighted by Crippen LogP contribution is 2.25. The van der Waals surface area contributed by atoms with Gasteiger partial charge in [-0.05, 0) is 87.8 Å². The monoisotopic (exact) mass is 1220 g/mol. The smallest absolute Gasteiger partial charge is 0.481 e. The molecule has 1 fully saturated rings. The van der Waals surface area contributed by atoms with Crippen LogP contribution in [-0.2, 0) is 67.4 Å². The number of nitrogens with zero attached hydrogens (tertiary/aromatic N) is 7. The lowest BCUT2D eigenvalue weighted by molar-refractivity contribution is -0.384. The Hall–Kier alpha value is -7.48. The molecule has 0 saturated carbocycles. The average Bonchev–Trinajstić information content (AvgIpc) is 3.76. The molecule has 1 unspecified atom stereocenters. The molecule has 5 amide bonds. The third kappa shape index (κ3) is 81.9. The number of Topliss-reactive ketones (excluding diaryl/α,β-unsaturated/α-hetero) is 1. The largest absolute Gasteiger partial charge is 0.513 e. The van der Waals surface area contributed by atoms with Crippen molar-refractivity contribution in [3.8, 4) is 18.1 Å². The molecule has 80 heavy (non-hydrogen) atoms. The Balaban J connectivity index is -0.0000000862. The summed E-state index contributed by atoms with van der Waals surface area (Å²) in [6.07, 6.45) is 14.5. The molecule has 1 saturated heterocycles. The molecule has 456 valence electrons. The van der Waals surface area contributed by atoms with E-state index in [1.165, 1.54) is 79.6 Å². The fourth-order valence-corrected chi connectivity index (χ4v) is 4.16. The van der Waals surface area contributed by atoms with E-state index in [9.17, 15) is 56.9 Å². The fourth-order valence-electron chi connectivity index (χ4n) is 2.94. The number of nitrogens with two attached hydrogens (primary N) is 3. The molecule has 0 radical (unpaired) electrons. The number of nitrogens with one attached hydrogen (secondary N) is 1. The minimum atomic E-state index is -2.67. The van der Waals surface area contributed by atoms with Crippen LogP contribution in [0.4, 0.5) is 10.5 Å². The van der Waals surface area contributed by atoms with Gasteiger partial charge in [0.25, 0.3) is 35.3 Å². The van der Waals surface area contributed by atoms with Gasteiger partial charge in [-0.3, -0.25) is 49.2 Å². The van der Waals surface area contributed by atoms with Crippen LogP contribution in [0, 0.1) is 28.4 Å². The number of ether oxygens (including phenoxy) is 2. The molecule has 8 N–H and O–H groups in total. The number of amides is 5. The zero-order valence-electron chi connectivity index (χ0n) is 48.2. The summed E-state index contributed by atoms with van der Waals surface area (Å²) in [5.41, 5.74) is 14.2. The van der Waals surface area contributed by atoms with Gasteiger partial charge in [0.15, 0.2) is 0 Å². The number of thiol groups is 1. The number of benzene rings is 1. The normalized spacial score (nSPS) is 11.1. The number of carboxylic acids is 1. The Labute approximate surface area is 481 Å². The van der Waals surface area contributed by atoms with E-state index in [0.717, 1.165) is 42.6 Å². The molecule has 0 aliphatic carbocycles. The Morgan fingerprint density at radius 3 is 1.65 bits per heavy atom. The van der Waals surface area contributed by atoms with Gasteiger partial charge in [-0.2, -0.15) is 12.6 Å². The number of pyridine rings is 1. The summed E-state index contributed by atoms with van der Waals surface area (Å²) >= 11 is 3.53. The van der Waals surface area contributed by atoms with Crippen molar-refractivity contribution >= 4 is 109 Å². The molecule has 2 aliphatic rings. The number of methoxy groups -OCH3 is 1. The summed E-state index contributed by atoms with van der Waals surface area (Å²) in [7, 11) is 7.66. The number of nitro benzene ring substituents is 1. The lowest BCUT2D eigenvalue weighted by atomic mass is 10.1. The Bertz CT molecular complexity index is 2260. The van der Waals surface area contributed by atoms with E-state index >= 15 is 0 Å². The average molecular weight is 1220 g/mol. The van der Waals surface area contributed by atoms with Crippen molar-refractivity contribution < 1.29 is 85.5 Å².